The van der Waals surface area contributed by atoms with Gasteiger partial charge in [-0.25, -0.2) is 0 Å². The second-order valence-electron chi connectivity index (χ2n) is 5.56. The van der Waals surface area contributed by atoms with Crippen molar-refractivity contribution in [2.45, 2.75) is 32.4 Å². The van der Waals surface area contributed by atoms with E-state index in [9.17, 15) is 4.79 Å². The highest BCUT2D eigenvalue weighted by Gasteiger charge is 2.23. The van der Waals surface area contributed by atoms with Gasteiger partial charge in [0.15, 0.2) is 0 Å². The maximum atomic E-state index is 12.3. The van der Waals surface area contributed by atoms with Crippen molar-refractivity contribution in [1.29, 1.82) is 0 Å². The molecule has 2 atom stereocenters. The van der Waals surface area contributed by atoms with Crippen molar-refractivity contribution < 1.29 is 4.79 Å². The number of amides is 1. The van der Waals surface area contributed by atoms with Crippen molar-refractivity contribution in [1.82, 2.24) is 15.5 Å². The summed E-state index contributed by atoms with van der Waals surface area (Å²) in [5.41, 5.74) is 1.26. The van der Waals surface area contributed by atoms with Gasteiger partial charge in [-0.2, -0.15) is 0 Å². The minimum atomic E-state index is -0.0460. The Labute approximate surface area is 121 Å². The molecule has 110 valence electrons. The van der Waals surface area contributed by atoms with Crippen molar-refractivity contribution >= 4 is 5.91 Å². The molecule has 1 aromatic rings. The summed E-state index contributed by atoms with van der Waals surface area (Å²) < 4.78 is 0. The highest BCUT2D eigenvalue weighted by atomic mass is 16.2. The van der Waals surface area contributed by atoms with E-state index in [-0.39, 0.29) is 18.0 Å². The number of rotatable bonds is 5. The van der Waals surface area contributed by atoms with Crippen LogP contribution < -0.4 is 10.6 Å². The molecule has 1 aliphatic rings. The van der Waals surface area contributed by atoms with Crippen molar-refractivity contribution in [3.05, 3.63) is 35.9 Å². The van der Waals surface area contributed by atoms with Crippen molar-refractivity contribution in [3.8, 4) is 0 Å². The predicted octanol–water partition coefficient (Wildman–Crippen LogP) is 1.03. The van der Waals surface area contributed by atoms with Gasteiger partial charge in [-0.3, -0.25) is 9.69 Å². The van der Waals surface area contributed by atoms with E-state index in [2.05, 4.69) is 34.6 Å². The van der Waals surface area contributed by atoms with Gasteiger partial charge in [0.1, 0.15) is 0 Å². The van der Waals surface area contributed by atoms with Crippen molar-refractivity contribution in [2.24, 2.45) is 0 Å². The third-order valence-electron chi connectivity index (χ3n) is 3.85. The molecule has 1 amide bonds. The van der Waals surface area contributed by atoms with E-state index in [4.69, 9.17) is 0 Å². The van der Waals surface area contributed by atoms with Crippen LogP contribution in [0.5, 0.6) is 0 Å². The second-order valence-corrected chi connectivity index (χ2v) is 5.56. The summed E-state index contributed by atoms with van der Waals surface area (Å²) in [5.74, 6) is 0.135. The fraction of sp³-hybridized carbons (Fsp3) is 0.562. The van der Waals surface area contributed by atoms with Crippen LogP contribution in [0.25, 0.3) is 0 Å². The summed E-state index contributed by atoms with van der Waals surface area (Å²) in [5, 5.41) is 6.43. The number of benzene rings is 1. The minimum Gasteiger partial charge on any atom is -0.352 e. The van der Waals surface area contributed by atoms with Crippen LogP contribution in [-0.4, -0.2) is 49.1 Å². The molecule has 20 heavy (non-hydrogen) atoms. The van der Waals surface area contributed by atoms with Crippen LogP contribution >= 0.6 is 0 Å². The van der Waals surface area contributed by atoms with E-state index >= 15 is 0 Å². The fourth-order valence-corrected chi connectivity index (χ4v) is 2.62. The average molecular weight is 275 g/mol. The van der Waals surface area contributed by atoms with Gasteiger partial charge in [-0.15, -0.1) is 0 Å². The molecule has 0 radical (unpaired) electrons. The molecule has 1 saturated heterocycles. The number of nitrogens with zero attached hydrogens (tertiary/aromatic N) is 1. The molecular formula is C16H25N3O. The topological polar surface area (TPSA) is 44.4 Å². The molecular weight excluding hydrogens is 250 g/mol. The summed E-state index contributed by atoms with van der Waals surface area (Å²) in [7, 11) is 0. The summed E-state index contributed by atoms with van der Waals surface area (Å²) in [6.07, 6.45) is 0.876. The van der Waals surface area contributed by atoms with Gasteiger partial charge in [0, 0.05) is 32.2 Å². The van der Waals surface area contributed by atoms with Gasteiger partial charge < -0.3 is 10.6 Å². The number of carbonyl (C=O) groups excluding carboxylic acids is 1. The first-order valence-corrected chi connectivity index (χ1v) is 7.46. The highest BCUT2D eigenvalue weighted by molar-refractivity contribution is 5.81. The molecule has 4 heteroatoms. The largest absolute Gasteiger partial charge is 0.352 e. The molecule has 2 rings (SSSR count). The lowest BCUT2D eigenvalue weighted by molar-refractivity contribution is -0.126. The van der Waals surface area contributed by atoms with Crippen LogP contribution in [-0.2, 0) is 11.2 Å². The van der Waals surface area contributed by atoms with Gasteiger partial charge in [0.2, 0.25) is 5.91 Å². The minimum absolute atomic E-state index is 0.0460. The summed E-state index contributed by atoms with van der Waals surface area (Å²) >= 11 is 0. The molecule has 4 nitrogen and oxygen atoms in total. The molecule has 1 aromatic carbocycles. The summed E-state index contributed by atoms with van der Waals surface area (Å²) in [4.78, 5) is 14.5. The Balaban J connectivity index is 1.80. The zero-order valence-electron chi connectivity index (χ0n) is 12.4. The zero-order valence-corrected chi connectivity index (χ0v) is 12.4. The molecule has 1 aliphatic heterocycles. The number of piperazine rings is 1. The SMILES string of the molecule is CC(Cc1ccccc1)NC(=O)C(C)N1CCNCC1. The molecule has 1 fully saturated rings. The van der Waals surface area contributed by atoms with E-state index in [1.54, 1.807) is 0 Å². The lowest BCUT2D eigenvalue weighted by Gasteiger charge is -2.32. The van der Waals surface area contributed by atoms with Gasteiger partial charge in [-0.05, 0) is 25.8 Å². The van der Waals surface area contributed by atoms with Crippen molar-refractivity contribution in [3.63, 3.8) is 0 Å². The molecule has 0 bridgehead atoms. The lowest BCUT2D eigenvalue weighted by Crippen LogP contribution is -2.53. The molecule has 0 saturated carbocycles. The maximum Gasteiger partial charge on any atom is 0.237 e. The Bertz CT molecular complexity index is 415. The monoisotopic (exact) mass is 275 g/mol. The van der Waals surface area contributed by atoms with Crippen LogP contribution in [0.15, 0.2) is 30.3 Å². The number of carbonyl (C=O) groups is 1. The molecule has 2 N–H and O–H groups in total. The Morgan fingerprint density at radius 1 is 1.25 bits per heavy atom. The first kappa shape index (κ1) is 15.0. The van der Waals surface area contributed by atoms with E-state index in [1.807, 2.05) is 25.1 Å². The molecule has 1 heterocycles. The Morgan fingerprint density at radius 2 is 1.90 bits per heavy atom. The van der Waals surface area contributed by atoms with Gasteiger partial charge >= 0.3 is 0 Å². The Hall–Kier alpha value is -1.39. The molecule has 0 aromatic heterocycles. The fourth-order valence-electron chi connectivity index (χ4n) is 2.62. The third kappa shape index (κ3) is 4.32. The van der Waals surface area contributed by atoms with E-state index in [0.29, 0.717) is 0 Å². The standard InChI is InChI=1S/C16H25N3O/c1-13(12-15-6-4-3-5-7-15)18-16(20)14(2)19-10-8-17-9-11-19/h3-7,13-14,17H,8-12H2,1-2H3,(H,18,20). The van der Waals surface area contributed by atoms with Gasteiger partial charge in [0.05, 0.1) is 6.04 Å². The average Bonchev–Trinajstić information content (AvgIpc) is 2.48. The third-order valence-corrected chi connectivity index (χ3v) is 3.85. The van der Waals surface area contributed by atoms with Crippen LogP contribution in [0.3, 0.4) is 0 Å². The normalized spacial score (nSPS) is 19.3. The van der Waals surface area contributed by atoms with Crippen LogP contribution in [0.4, 0.5) is 0 Å². The predicted molar refractivity (Wildman–Crippen MR) is 81.7 cm³/mol. The first-order chi connectivity index (χ1) is 9.66. The molecule has 0 aliphatic carbocycles. The van der Waals surface area contributed by atoms with E-state index in [1.165, 1.54) is 5.56 Å². The first-order valence-electron chi connectivity index (χ1n) is 7.46. The number of hydrogen-bond acceptors (Lipinski definition) is 3. The van der Waals surface area contributed by atoms with Crippen LogP contribution in [0, 0.1) is 0 Å². The number of nitrogens with one attached hydrogen (secondary N) is 2. The lowest BCUT2D eigenvalue weighted by atomic mass is 10.1. The molecule has 2 unspecified atom stereocenters. The quantitative estimate of drug-likeness (QED) is 0.843. The maximum absolute atomic E-state index is 12.3. The van der Waals surface area contributed by atoms with Crippen LogP contribution in [0.1, 0.15) is 19.4 Å². The Morgan fingerprint density at radius 3 is 2.55 bits per heavy atom. The van der Waals surface area contributed by atoms with E-state index < -0.39 is 0 Å². The van der Waals surface area contributed by atoms with Gasteiger partial charge in [0.25, 0.3) is 0 Å². The second kappa shape index (κ2) is 7.41. The Kier molecular flexibility index (Phi) is 5.56. The number of hydrogen-bond donors (Lipinski definition) is 2. The van der Waals surface area contributed by atoms with Crippen LogP contribution in [0.2, 0.25) is 0 Å². The van der Waals surface area contributed by atoms with E-state index in [0.717, 1.165) is 32.6 Å². The summed E-state index contributed by atoms with van der Waals surface area (Å²) in [6, 6.07) is 10.4. The smallest absolute Gasteiger partial charge is 0.237 e. The van der Waals surface area contributed by atoms with Gasteiger partial charge in [-0.1, -0.05) is 30.3 Å². The van der Waals surface area contributed by atoms with Crippen molar-refractivity contribution in [2.75, 3.05) is 26.2 Å². The molecule has 0 spiro atoms. The highest BCUT2D eigenvalue weighted by Crippen LogP contribution is 2.05. The zero-order chi connectivity index (χ0) is 14.4. The summed E-state index contributed by atoms with van der Waals surface area (Å²) in [6.45, 7) is 7.89.